The van der Waals surface area contributed by atoms with Crippen LogP contribution in [0.4, 0.5) is 0 Å². The number of aliphatic hydroxyl groups is 1. The zero-order chi connectivity index (χ0) is 15.1. The van der Waals surface area contributed by atoms with Crippen LogP contribution in [0.5, 0.6) is 0 Å². The second-order valence-corrected chi connectivity index (χ2v) is 6.78. The van der Waals surface area contributed by atoms with E-state index in [2.05, 4.69) is 0 Å². The van der Waals surface area contributed by atoms with Crippen molar-refractivity contribution in [1.29, 1.82) is 0 Å². The van der Waals surface area contributed by atoms with Crippen molar-refractivity contribution in [3.8, 4) is 0 Å². The molecule has 22 heavy (non-hydrogen) atoms. The van der Waals surface area contributed by atoms with Gasteiger partial charge in [0, 0.05) is 18.4 Å². The number of hydrogen-bond acceptors (Lipinski definition) is 4. The molecule has 4 rings (SSSR count). The van der Waals surface area contributed by atoms with Crippen LogP contribution in [0.1, 0.15) is 54.1 Å². The van der Waals surface area contributed by atoms with E-state index in [0.29, 0.717) is 31.2 Å². The summed E-state index contributed by atoms with van der Waals surface area (Å²) >= 11 is 0. The van der Waals surface area contributed by atoms with E-state index in [1.807, 2.05) is 4.90 Å². The summed E-state index contributed by atoms with van der Waals surface area (Å²) < 4.78 is 11.2. The van der Waals surface area contributed by atoms with Gasteiger partial charge in [0.1, 0.15) is 5.76 Å². The van der Waals surface area contributed by atoms with Gasteiger partial charge < -0.3 is 19.2 Å². The van der Waals surface area contributed by atoms with Gasteiger partial charge in [-0.3, -0.25) is 4.79 Å². The van der Waals surface area contributed by atoms with Crippen LogP contribution in [0.2, 0.25) is 0 Å². The van der Waals surface area contributed by atoms with Gasteiger partial charge in [-0.25, -0.2) is 0 Å². The van der Waals surface area contributed by atoms with E-state index in [-0.39, 0.29) is 24.0 Å². The first-order valence-electron chi connectivity index (χ1n) is 8.40. The molecule has 0 spiro atoms. The molecular weight excluding hydrogens is 282 g/mol. The average Bonchev–Trinajstić information content (AvgIpc) is 3.11. The van der Waals surface area contributed by atoms with E-state index in [1.165, 1.54) is 0 Å². The fraction of sp³-hybridized carbons (Fsp3) is 0.706. The molecule has 1 aliphatic heterocycles. The van der Waals surface area contributed by atoms with Crippen LogP contribution in [0.3, 0.4) is 0 Å². The highest BCUT2D eigenvalue weighted by Gasteiger charge is 2.41. The Hall–Kier alpha value is -1.33. The molecule has 0 radical (unpaired) electrons. The maximum absolute atomic E-state index is 13.0. The standard InChI is InChI=1S/C17H23NO4/c19-15-3-1-2-12(15)14-10-21-9-7-18(14)17(20)13-6-8-22-16(13)11-4-5-11/h6,8,11-12,14-15,19H,1-5,7,9-10H2/t12-,14+,15-/m0/s1. The maximum Gasteiger partial charge on any atom is 0.257 e. The molecule has 0 unspecified atom stereocenters. The molecule has 2 aliphatic carbocycles. The van der Waals surface area contributed by atoms with Gasteiger partial charge in [0.25, 0.3) is 5.91 Å². The quantitative estimate of drug-likeness (QED) is 0.929. The summed E-state index contributed by atoms with van der Waals surface area (Å²) in [5.41, 5.74) is 0.710. The lowest BCUT2D eigenvalue weighted by Gasteiger charge is -2.40. The minimum Gasteiger partial charge on any atom is -0.468 e. The van der Waals surface area contributed by atoms with Gasteiger partial charge in [-0.15, -0.1) is 0 Å². The summed E-state index contributed by atoms with van der Waals surface area (Å²) in [5.74, 6) is 1.45. The van der Waals surface area contributed by atoms with E-state index in [9.17, 15) is 9.90 Å². The maximum atomic E-state index is 13.0. The first kappa shape index (κ1) is 14.3. The van der Waals surface area contributed by atoms with Gasteiger partial charge >= 0.3 is 0 Å². The predicted octanol–water partition coefficient (Wildman–Crippen LogP) is 2.16. The first-order valence-corrected chi connectivity index (χ1v) is 8.40. The van der Waals surface area contributed by atoms with E-state index >= 15 is 0 Å². The predicted molar refractivity (Wildman–Crippen MR) is 79.7 cm³/mol. The number of amides is 1. The van der Waals surface area contributed by atoms with E-state index in [4.69, 9.17) is 9.15 Å². The fourth-order valence-electron chi connectivity index (χ4n) is 3.96. The second kappa shape index (κ2) is 5.70. The summed E-state index contributed by atoms with van der Waals surface area (Å²) in [6.45, 7) is 1.70. The van der Waals surface area contributed by atoms with Crippen LogP contribution in [-0.2, 0) is 4.74 Å². The van der Waals surface area contributed by atoms with Crippen molar-refractivity contribution in [2.45, 2.75) is 50.2 Å². The Kier molecular flexibility index (Phi) is 3.70. The van der Waals surface area contributed by atoms with Crippen LogP contribution in [0.15, 0.2) is 16.7 Å². The van der Waals surface area contributed by atoms with Crippen molar-refractivity contribution in [3.63, 3.8) is 0 Å². The smallest absolute Gasteiger partial charge is 0.257 e. The van der Waals surface area contributed by atoms with Crippen LogP contribution in [-0.4, -0.2) is 47.8 Å². The highest BCUT2D eigenvalue weighted by Crippen LogP contribution is 2.42. The van der Waals surface area contributed by atoms with Gasteiger partial charge in [-0.1, -0.05) is 6.42 Å². The number of morpholine rings is 1. The van der Waals surface area contributed by atoms with Crippen molar-refractivity contribution in [3.05, 3.63) is 23.7 Å². The Morgan fingerprint density at radius 1 is 1.27 bits per heavy atom. The molecule has 3 aliphatic rings. The molecule has 5 heteroatoms. The van der Waals surface area contributed by atoms with E-state index < -0.39 is 0 Å². The third-order valence-electron chi connectivity index (χ3n) is 5.33. The topological polar surface area (TPSA) is 62.9 Å². The number of aliphatic hydroxyl groups excluding tert-OH is 1. The van der Waals surface area contributed by atoms with Crippen molar-refractivity contribution >= 4 is 5.91 Å². The van der Waals surface area contributed by atoms with Gasteiger partial charge in [0.05, 0.1) is 37.2 Å². The molecule has 1 aromatic rings. The zero-order valence-corrected chi connectivity index (χ0v) is 12.7. The Morgan fingerprint density at radius 3 is 2.86 bits per heavy atom. The normalized spacial score (nSPS) is 32.4. The summed E-state index contributed by atoms with van der Waals surface area (Å²) in [7, 11) is 0. The number of nitrogens with zero attached hydrogens (tertiary/aromatic N) is 1. The summed E-state index contributed by atoms with van der Waals surface area (Å²) in [6.07, 6.45) is 6.38. The lowest BCUT2D eigenvalue weighted by molar-refractivity contribution is -0.0384. The molecule has 2 heterocycles. The van der Waals surface area contributed by atoms with Crippen LogP contribution >= 0.6 is 0 Å². The number of carbonyl (C=O) groups is 1. The third-order valence-corrected chi connectivity index (χ3v) is 5.33. The molecule has 1 aromatic heterocycles. The Bertz CT molecular complexity index is 551. The second-order valence-electron chi connectivity index (χ2n) is 6.78. The Balaban J connectivity index is 1.58. The molecule has 120 valence electrons. The molecule has 2 saturated carbocycles. The molecule has 1 amide bonds. The summed E-state index contributed by atoms with van der Waals surface area (Å²) in [5, 5.41) is 10.2. The summed E-state index contributed by atoms with van der Waals surface area (Å²) in [6, 6.07) is 1.79. The molecule has 0 bridgehead atoms. The van der Waals surface area contributed by atoms with E-state index in [1.54, 1.807) is 12.3 Å². The van der Waals surface area contributed by atoms with Crippen molar-refractivity contribution in [1.82, 2.24) is 4.90 Å². The molecule has 3 atom stereocenters. The number of rotatable bonds is 3. The molecule has 0 aromatic carbocycles. The largest absolute Gasteiger partial charge is 0.468 e. The third kappa shape index (κ3) is 2.46. The number of furan rings is 1. The van der Waals surface area contributed by atoms with Gasteiger partial charge in [-0.05, 0) is 31.7 Å². The SMILES string of the molecule is O=C(c1ccoc1C1CC1)N1CCOC[C@@H]1[C@@H]1CCC[C@@H]1O. The molecular formula is C17H23NO4. The first-order chi connectivity index (χ1) is 10.8. The lowest BCUT2D eigenvalue weighted by atomic mass is 9.93. The highest BCUT2D eigenvalue weighted by molar-refractivity contribution is 5.95. The van der Waals surface area contributed by atoms with E-state index in [0.717, 1.165) is 37.9 Å². The highest BCUT2D eigenvalue weighted by atomic mass is 16.5. The van der Waals surface area contributed by atoms with Crippen LogP contribution < -0.4 is 0 Å². The van der Waals surface area contributed by atoms with Gasteiger partial charge in [0.2, 0.25) is 0 Å². The molecule has 1 saturated heterocycles. The van der Waals surface area contributed by atoms with Crippen molar-refractivity contribution in [2.75, 3.05) is 19.8 Å². The number of carbonyl (C=O) groups excluding carboxylic acids is 1. The Morgan fingerprint density at radius 2 is 2.14 bits per heavy atom. The molecule has 1 N–H and O–H groups in total. The monoisotopic (exact) mass is 305 g/mol. The van der Waals surface area contributed by atoms with Crippen molar-refractivity contribution < 1.29 is 19.1 Å². The lowest BCUT2D eigenvalue weighted by Crippen LogP contribution is -2.53. The Labute approximate surface area is 130 Å². The number of hydrogen-bond donors (Lipinski definition) is 1. The minimum absolute atomic E-state index is 0.0132. The van der Waals surface area contributed by atoms with Crippen LogP contribution in [0.25, 0.3) is 0 Å². The summed E-state index contributed by atoms with van der Waals surface area (Å²) in [4.78, 5) is 14.9. The molecule has 5 nitrogen and oxygen atoms in total. The average molecular weight is 305 g/mol. The van der Waals surface area contributed by atoms with Crippen LogP contribution in [0, 0.1) is 5.92 Å². The number of ether oxygens (including phenoxy) is 1. The van der Waals surface area contributed by atoms with Gasteiger partial charge in [-0.2, -0.15) is 0 Å². The van der Waals surface area contributed by atoms with Gasteiger partial charge in [0.15, 0.2) is 0 Å². The fourth-order valence-corrected chi connectivity index (χ4v) is 3.96. The molecule has 3 fully saturated rings. The zero-order valence-electron chi connectivity index (χ0n) is 12.7. The van der Waals surface area contributed by atoms with Crippen molar-refractivity contribution in [2.24, 2.45) is 5.92 Å². The minimum atomic E-state index is -0.311.